The van der Waals surface area contributed by atoms with Crippen molar-refractivity contribution in [3.05, 3.63) is 63.6 Å². The molecule has 0 saturated carbocycles. The van der Waals surface area contributed by atoms with E-state index in [2.05, 4.69) is 10.3 Å². The van der Waals surface area contributed by atoms with Gasteiger partial charge < -0.3 is 15.5 Å². The van der Waals surface area contributed by atoms with E-state index in [0.29, 0.717) is 32.6 Å². The molecule has 1 atom stereocenters. The summed E-state index contributed by atoms with van der Waals surface area (Å²) in [5.74, 6) is -0.597. The average molecular weight is 353 g/mol. The van der Waals surface area contributed by atoms with Crippen LogP contribution in [0.4, 0.5) is 5.69 Å². The Hall–Kier alpha value is -1.92. The molecule has 1 amide bonds. The number of aliphatic hydroxyl groups is 2. The highest BCUT2D eigenvalue weighted by atomic mass is 35.5. The van der Waals surface area contributed by atoms with Crippen LogP contribution in [0.25, 0.3) is 0 Å². The van der Waals surface area contributed by atoms with Gasteiger partial charge in [-0.1, -0.05) is 41.4 Å². The number of hydrogen-bond acceptors (Lipinski definition) is 4. The number of amides is 1. The monoisotopic (exact) mass is 352 g/mol. The van der Waals surface area contributed by atoms with E-state index in [1.54, 1.807) is 42.5 Å². The van der Waals surface area contributed by atoms with Gasteiger partial charge >= 0.3 is 0 Å². The SMILES string of the molecule is CO.O=C1Nc2ccc(Cl)cc2C(c2ccccc2Cl)=NC1O. The van der Waals surface area contributed by atoms with E-state index < -0.39 is 12.1 Å². The Bertz CT molecular complexity index is 763. The third-order valence-electron chi connectivity index (χ3n) is 3.11. The third kappa shape index (κ3) is 3.71. The van der Waals surface area contributed by atoms with Crippen LogP contribution in [0.15, 0.2) is 47.5 Å². The largest absolute Gasteiger partial charge is 0.400 e. The van der Waals surface area contributed by atoms with Crippen molar-refractivity contribution in [1.29, 1.82) is 0 Å². The van der Waals surface area contributed by atoms with Gasteiger partial charge in [-0.05, 0) is 24.3 Å². The molecule has 1 heterocycles. The molecule has 0 saturated heterocycles. The highest BCUT2D eigenvalue weighted by molar-refractivity contribution is 6.36. The average Bonchev–Trinajstić information content (AvgIpc) is 2.67. The predicted octanol–water partition coefficient (Wildman–Crippen LogP) is 2.71. The Morgan fingerprint density at radius 3 is 2.48 bits per heavy atom. The van der Waals surface area contributed by atoms with Crippen molar-refractivity contribution in [2.24, 2.45) is 4.99 Å². The number of rotatable bonds is 1. The Morgan fingerprint density at radius 2 is 1.78 bits per heavy atom. The van der Waals surface area contributed by atoms with E-state index in [-0.39, 0.29) is 0 Å². The number of carbonyl (C=O) groups excluding carboxylic acids is 1. The fraction of sp³-hybridized carbons (Fsp3) is 0.125. The summed E-state index contributed by atoms with van der Waals surface area (Å²) < 4.78 is 0. The molecule has 120 valence electrons. The van der Waals surface area contributed by atoms with Crippen molar-refractivity contribution in [2.75, 3.05) is 12.4 Å². The van der Waals surface area contributed by atoms with Gasteiger partial charge in [0.15, 0.2) is 0 Å². The third-order valence-corrected chi connectivity index (χ3v) is 3.67. The molecular weight excluding hydrogens is 339 g/mol. The van der Waals surface area contributed by atoms with Crippen LogP contribution in [0.2, 0.25) is 10.0 Å². The zero-order valence-electron chi connectivity index (χ0n) is 12.1. The number of aliphatic imine (C=N–C) groups is 1. The first kappa shape index (κ1) is 17.4. The molecule has 1 unspecified atom stereocenters. The molecule has 3 N–H and O–H groups in total. The molecule has 0 fully saturated rings. The minimum atomic E-state index is -1.50. The Kier molecular flexibility index (Phi) is 5.74. The van der Waals surface area contributed by atoms with Gasteiger partial charge in [0.1, 0.15) is 0 Å². The Morgan fingerprint density at radius 1 is 1.09 bits per heavy atom. The smallest absolute Gasteiger partial charge is 0.276 e. The van der Waals surface area contributed by atoms with Crippen LogP contribution >= 0.6 is 23.2 Å². The Balaban J connectivity index is 0.000000924. The fourth-order valence-corrected chi connectivity index (χ4v) is 2.53. The van der Waals surface area contributed by atoms with E-state index in [1.165, 1.54) is 0 Å². The molecule has 0 aromatic heterocycles. The molecular formula is C16H14Cl2N2O3. The van der Waals surface area contributed by atoms with Crippen LogP contribution in [-0.4, -0.2) is 35.2 Å². The maximum absolute atomic E-state index is 11.8. The van der Waals surface area contributed by atoms with Crippen molar-refractivity contribution in [3.63, 3.8) is 0 Å². The van der Waals surface area contributed by atoms with Crippen LogP contribution in [0, 0.1) is 0 Å². The van der Waals surface area contributed by atoms with Crippen LogP contribution in [0.5, 0.6) is 0 Å². The van der Waals surface area contributed by atoms with Gasteiger partial charge in [-0.2, -0.15) is 0 Å². The van der Waals surface area contributed by atoms with Crippen molar-refractivity contribution in [3.8, 4) is 0 Å². The quantitative estimate of drug-likeness (QED) is 0.737. The number of aliphatic hydroxyl groups excluding tert-OH is 2. The number of halogens is 2. The van der Waals surface area contributed by atoms with Gasteiger partial charge in [0.25, 0.3) is 5.91 Å². The predicted molar refractivity (Wildman–Crippen MR) is 91.3 cm³/mol. The van der Waals surface area contributed by atoms with Crippen LogP contribution in [-0.2, 0) is 4.79 Å². The van der Waals surface area contributed by atoms with Gasteiger partial charge in [0.2, 0.25) is 6.23 Å². The summed E-state index contributed by atoms with van der Waals surface area (Å²) in [4.78, 5) is 15.9. The highest BCUT2D eigenvalue weighted by Gasteiger charge is 2.25. The lowest BCUT2D eigenvalue weighted by molar-refractivity contribution is -0.123. The van der Waals surface area contributed by atoms with Gasteiger partial charge in [-0.15, -0.1) is 0 Å². The van der Waals surface area contributed by atoms with Gasteiger partial charge in [-0.3, -0.25) is 4.79 Å². The standard InChI is InChI=1S/C15H10Cl2N2O2.CH4O/c16-8-5-6-12-10(7-8)13(19-15(21)14(20)18-12)9-3-1-2-4-11(9)17;1-2/h1-7,15,21H,(H,18,20);2H,1H3. The molecule has 2 aromatic rings. The molecule has 0 aliphatic carbocycles. The number of benzene rings is 2. The van der Waals surface area contributed by atoms with Crippen molar-refractivity contribution >= 4 is 40.5 Å². The summed E-state index contributed by atoms with van der Waals surface area (Å²) in [7, 11) is 1.00. The topological polar surface area (TPSA) is 81.9 Å². The second-order valence-electron chi connectivity index (χ2n) is 4.51. The van der Waals surface area contributed by atoms with Gasteiger partial charge in [-0.25, -0.2) is 4.99 Å². The maximum Gasteiger partial charge on any atom is 0.276 e. The van der Waals surface area contributed by atoms with E-state index in [4.69, 9.17) is 28.3 Å². The summed E-state index contributed by atoms with van der Waals surface area (Å²) in [6, 6.07) is 12.1. The molecule has 1 aliphatic heterocycles. The van der Waals surface area contributed by atoms with Crippen molar-refractivity contribution in [2.45, 2.75) is 6.23 Å². The van der Waals surface area contributed by atoms with E-state index in [1.807, 2.05) is 0 Å². The van der Waals surface area contributed by atoms with E-state index in [0.717, 1.165) is 7.11 Å². The molecule has 0 spiro atoms. The lowest BCUT2D eigenvalue weighted by Gasteiger charge is -2.11. The number of hydrogen-bond donors (Lipinski definition) is 3. The van der Waals surface area contributed by atoms with Crippen LogP contribution in [0.3, 0.4) is 0 Å². The summed E-state index contributed by atoms with van der Waals surface area (Å²) in [6.45, 7) is 0. The molecule has 1 aliphatic rings. The minimum absolute atomic E-state index is 0.420. The van der Waals surface area contributed by atoms with Crippen molar-refractivity contribution < 1.29 is 15.0 Å². The zero-order valence-corrected chi connectivity index (χ0v) is 13.6. The van der Waals surface area contributed by atoms with Gasteiger partial charge in [0.05, 0.1) is 11.4 Å². The number of nitrogens with one attached hydrogen (secondary N) is 1. The molecule has 5 nitrogen and oxygen atoms in total. The lowest BCUT2D eigenvalue weighted by Crippen LogP contribution is -2.24. The molecule has 3 rings (SSSR count). The summed E-state index contributed by atoms with van der Waals surface area (Å²) >= 11 is 12.2. The molecule has 2 aromatic carbocycles. The highest BCUT2D eigenvalue weighted by Crippen LogP contribution is 2.29. The van der Waals surface area contributed by atoms with Gasteiger partial charge in [0, 0.05) is 28.3 Å². The molecule has 23 heavy (non-hydrogen) atoms. The summed E-state index contributed by atoms with van der Waals surface area (Å²) in [5.41, 5.74) is 2.18. The van der Waals surface area contributed by atoms with Crippen molar-refractivity contribution in [1.82, 2.24) is 0 Å². The molecule has 0 radical (unpaired) electrons. The first-order chi connectivity index (χ1) is 11.1. The second-order valence-corrected chi connectivity index (χ2v) is 5.35. The number of nitrogens with zero attached hydrogens (tertiary/aromatic N) is 1. The number of fused-ring (bicyclic) bond motifs is 1. The van der Waals surface area contributed by atoms with E-state index in [9.17, 15) is 9.90 Å². The van der Waals surface area contributed by atoms with Crippen LogP contribution in [0.1, 0.15) is 11.1 Å². The normalized spacial score (nSPS) is 16.3. The van der Waals surface area contributed by atoms with Crippen LogP contribution < -0.4 is 5.32 Å². The number of anilines is 1. The van der Waals surface area contributed by atoms with E-state index >= 15 is 0 Å². The summed E-state index contributed by atoms with van der Waals surface area (Å²) in [5, 5.41) is 20.4. The zero-order chi connectivity index (χ0) is 17.0. The maximum atomic E-state index is 11.8. The second kappa shape index (κ2) is 7.57. The number of carbonyl (C=O) groups is 1. The minimum Gasteiger partial charge on any atom is -0.400 e. The molecule has 7 heteroatoms. The fourth-order valence-electron chi connectivity index (χ4n) is 2.14. The Labute approximate surface area is 143 Å². The summed E-state index contributed by atoms with van der Waals surface area (Å²) in [6.07, 6.45) is -1.50. The molecule has 0 bridgehead atoms. The first-order valence-corrected chi connectivity index (χ1v) is 7.38. The number of benzodiazepines with no additional fused rings is 1. The first-order valence-electron chi connectivity index (χ1n) is 6.62. The lowest BCUT2D eigenvalue weighted by atomic mass is 10.0.